The molecule has 0 radical (unpaired) electrons. The number of aliphatic hydroxyl groups excluding tert-OH is 1. The summed E-state index contributed by atoms with van der Waals surface area (Å²) in [5.41, 5.74) is -0.153. The largest absolute Gasteiger partial charge is 0.394 e. The van der Waals surface area contributed by atoms with E-state index >= 15 is 0 Å². The van der Waals surface area contributed by atoms with Gasteiger partial charge >= 0.3 is 0 Å². The van der Waals surface area contributed by atoms with E-state index in [0.29, 0.717) is 6.04 Å². The summed E-state index contributed by atoms with van der Waals surface area (Å²) in [6.45, 7) is 13.2. The Morgan fingerprint density at radius 2 is 1.76 bits per heavy atom. The highest BCUT2D eigenvalue weighted by molar-refractivity contribution is 4.84. The van der Waals surface area contributed by atoms with Gasteiger partial charge in [0.1, 0.15) is 0 Å². The quantitative estimate of drug-likeness (QED) is 0.652. The Labute approximate surface area is 108 Å². The van der Waals surface area contributed by atoms with E-state index in [1.54, 1.807) is 0 Å². The third-order valence-electron chi connectivity index (χ3n) is 3.12. The maximum atomic E-state index is 9.48. The molecule has 0 aliphatic heterocycles. The Morgan fingerprint density at radius 3 is 2.18 bits per heavy atom. The first-order chi connectivity index (χ1) is 7.79. The predicted molar refractivity (Wildman–Crippen MR) is 75.3 cm³/mol. The van der Waals surface area contributed by atoms with Crippen molar-refractivity contribution in [1.29, 1.82) is 0 Å². The fourth-order valence-electron chi connectivity index (χ4n) is 1.92. The minimum Gasteiger partial charge on any atom is -0.394 e. The van der Waals surface area contributed by atoms with Crippen LogP contribution in [0.3, 0.4) is 0 Å². The Bertz CT molecular complexity index is 195. The first-order valence-electron chi connectivity index (χ1n) is 6.86. The zero-order valence-corrected chi connectivity index (χ0v) is 12.6. The Kier molecular flexibility index (Phi) is 8.01. The number of nitrogens with one attached hydrogen (secondary N) is 1. The second-order valence-electron chi connectivity index (χ2n) is 6.25. The molecule has 0 aliphatic rings. The van der Waals surface area contributed by atoms with Crippen LogP contribution in [-0.4, -0.2) is 48.3 Å². The highest BCUT2D eigenvalue weighted by Crippen LogP contribution is 2.11. The van der Waals surface area contributed by atoms with Gasteiger partial charge in [0.2, 0.25) is 0 Å². The van der Waals surface area contributed by atoms with Crippen molar-refractivity contribution in [3.05, 3.63) is 0 Å². The van der Waals surface area contributed by atoms with Crippen molar-refractivity contribution in [2.75, 3.05) is 26.7 Å². The molecular formula is C14H32N2O. The second-order valence-corrected chi connectivity index (χ2v) is 6.25. The van der Waals surface area contributed by atoms with Gasteiger partial charge in [-0.3, -0.25) is 0 Å². The Morgan fingerprint density at radius 1 is 1.18 bits per heavy atom. The van der Waals surface area contributed by atoms with E-state index < -0.39 is 0 Å². The van der Waals surface area contributed by atoms with Crippen LogP contribution >= 0.6 is 0 Å². The van der Waals surface area contributed by atoms with Gasteiger partial charge in [-0.05, 0) is 45.8 Å². The molecule has 0 amide bonds. The topological polar surface area (TPSA) is 35.5 Å². The number of aliphatic hydroxyl groups is 1. The minimum atomic E-state index is -0.153. The summed E-state index contributed by atoms with van der Waals surface area (Å²) in [6, 6.07) is 0.410. The normalized spacial score (nSPS) is 15.9. The summed E-state index contributed by atoms with van der Waals surface area (Å²) >= 11 is 0. The van der Waals surface area contributed by atoms with Gasteiger partial charge in [0.05, 0.1) is 6.61 Å². The van der Waals surface area contributed by atoms with Crippen molar-refractivity contribution >= 4 is 0 Å². The molecular weight excluding hydrogens is 212 g/mol. The van der Waals surface area contributed by atoms with Crippen LogP contribution in [0.1, 0.15) is 47.5 Å². The van der Waals surface area contributed by atoms with Gasteiger partial charge in [0.25, 0.3) is 0 Å². The summed E-state index contributed by atoms with van der Waals surface area (Å²) < 4.78 is 0. The number of hydrogen-bond acceptors (Lipinski definition) is 3. The predicted octanol–water partition coefficient (Wildman–Crippen LogP) is 2.10. The van der Waals surface area contributed by atoms with Crippen molar-refractivity contribution in [1.82, 2.24) is 10.2 Å². The minimum absolute atomic E-state index is 0.153. The highest BCUT2D eigenvalue weighted by atomic mass is 16.3. The molecule has 3 heteroatoms. The lowest BCUT2D eigenvalue weighted by molar-refractivity contribution is 0.142. The van der Waals surface area contributed by atoms with Gasteiger partial charge in [-0.2, -0.15) is 0 Å². The maximum absolute atomic E-state index is 9.48. The number of nitrogens with zero attached hydrogens (tertiary/aromatic N) is 1. The fourth-order valence-corrected chi connectivity index (χ4v) is 1.92. The van der Waals surface area contributed by atoms with E-state index in [1.165, 1.54) is 6.42 Å². The highest BCUT2D eigenvalue weighted by Gasteiger charge is 2.23. The third kappa shape index (κ3) is 8.58. The molecule has 0 aromatic carbocycles. The van der Waals surface area contributed by atoms with E-state index in [4.69, 9.17) is 0 Å². The zero-order chi connectivity index (χ0) is 13.5. The van der Waals surface area contributed by atoms with Crippen LogP contribution in [0.5, 0.6) is 0 Å². The van der Waals surface area contributed by atoms with Crippen LogP contribution in [0.4, 0.5) is 0 Å². The molecule has 0 saturated carbocycles. The first kappa shape index (κ1) is 16.9. The summed E-state index contributed by atoms with van der Waals surface area (Å²) in [7, 11) is 2.16. The summed E-state index contributed by atoms with van der Waals surface area (Å²) in [4.78, 5) is 2.36. The van der Waals surface area contributed by atoms with E-state index in [1.807, 2.05) is 0 Å². The molecule has 1 unspecified atom stereocenters. The van der Waals surface area contributed by atoms with Crippen molar-refractivity contribution in [3.63, 3.8) is 0 Å². The molecule has 0 aromatic rings. The molecule has 2 N–H and O–H groups in total. The molecule has 0 bridgehead atoms. The van der Waals surface area contributed by atoms with Crippen LogP contribution in [0.2, 0.25) is 0 Å². The maximum Gasteiger partial charge on any atom is 0.0611 e. The third-order valence-corrected chi connectivity index (χ3v) is 3.12. The SMILES string of the molecule is CC(C)CCN(C)CCC(C)(CO)NC(C)C. The van der Waals surface area contributed by atoms with Crippen molar-refractivity contribution < 1.29 is 5.11 Å². The fraction of sp³-hybridized carbons (Fsp3) is 1.00. The summed E-state index contributed by atoms with van der Waals surface area (Å²) in [6.07, 6.45) is 2.22. The molecule has 3 nitrogen and oxygen atoms in total. The van der Waals surface area contributed by atoms with Gasteiger partial charge in [-0.15, -0.1) is 0 Å². The lowest BCUT2D eigenvalue weighted by atomic mass is 9.97. The van der Waals surface area contributed by atoms with Crippen molar-refractivity contribution in [2.45, 2.75) is 59.0 Å². The molecule has 17 heavy (non-hydrogen) atoms. The van der Waals surface area contributed by atoms with Crippen LogP contribution in [-0.2, 0) is 0 Å². The van der Waals surface area contributed by atoms with E-state index in [2.05, 4.69) is 51.9 Å². The van der Waals surface area contributed by atoms with Gasteiger partial charge in [-0.25, -0.2) is 0 Å². The molecule has 0 aliphatic carbocycles. The molecule has 0 heterocycles. The monoisotopic (exact) mass is 244 g/mol. The summed E-state index contributed by atoms with van der Waals surface area (Å²) in [5.74, 6) is 0.760. The van der Waals surface area contributed by atoms with E-state index in [9.17, 15) is 5.11 Å². The molecule has 1 atom stereocenters. The molecule has 0 fully saturated rings. The average molecular weight is 244 g/mol. The van der Waals surface area contributed by atoms with Gasteiger partial charge in [-0.1, -0.05) is 27.7 Å². The first-order valence-corrected chi connectivity index (χ1v) is 6.86. The molecule has 0 saturated heterocycles. The summed E-state index contributed by atoms with van der Waals surface area (Å²) in [5, 5.41) is 12.9. The Hall–Kier alpha value is -0.120. The number of rotatable bonds is 9. The van der Waals surface area contributed by atoms with Crippen molar-refractivity contribution in [3.8, 4) is 0 Å². The molecule has 0 aromatic heterocycles. The lowest BCUT2D eigenvalue weighted by Crippen LogP contribution is -2.50. The molecule has 104 valence electrons. The second kappa shape index (κ2) is 8.06. The zero-order valence-electron chi connectivity index (χ0n) is 12.6. The van der Waals surface area contributed by atoms with Crippen LogP contribution in [0, 0.1) is 5.92 Å². The van der Waals surface area contributed by atoms with Gasteiger partial charge < -0.3 is 15.3 Å². The molecule has 0 spiro atoms. The van der Waals surface area contributed by atoms with E-state index in [-0.39, 0.29) is 12.1 Å². The smallest absolute Gasteiger partial charge is 0.0611 e. The lowest BCUT2D eigenvalue weighted by Gasteiger charge is -2.33. The Balaban J connectivity index is 3.96. The van der Waals surface area contributed by atoms with Crippen LogP contribution < -0.4 is 5.32 Å². The number of hydrogen-bond donors (Lipinski definition) is 2. The van der Waals surface area contributed by atoms with E-state index in [0.717, 1.165) is 25.4 Å². The molecule has 0 rings (SSSR count). The standard InChI is InChI=1S/C14H32N2O/c1-12(2)7-9-16(6)10-8-14(5,11-17)15-13(3)4/h12-13,15,17H,7-11H2,1-6H3. The van der Waals surface area contributed by atoms with Crippen LogP contribution in [0.25, 0.3) is 0 Å². The van der Waals surface area contributed by atoms with Crippen LogP contribution in [0.15, 0.2) is 0 Å². The van der Waals surface area contributed by atoms with Gasteiger partial charge in [0.15, 0.2) is 0 Å². The average Bonchev–Trinajstić information content (AvgIpc) is 2.22. The van der Waals surface area contributed by atoms with Crippen molar-refractivity contribution in [2.24, 2.45) is 5.92 Å². The van der Waals surface area contributed by atoms with Gasteiger partial charge in [0, 0.05) is 11.6 Å².